The molecule has 6 atom stereocenters. The van der Waals surface area contributed by atoms with Crippen molar-refractivity contribution in [2.75, 3.05) is 0 Å². The van der Waals surface area contributed by atoms with E-state index in [4.69, 9.17) is 0 Å². The molecule has 6 rings (SSSR count). The summed E-state index contributed by atoms with van der Waals surface area (Å²) in [7, 11) is 0. The van der Waals surface area contributed by atoms with Crippen LogP contribution in [0.2, 0.25) is 0 Å². The molecule has 1 saturated carbocycles. The van der Waals surface area contributed by atoms with Crippen LogP contribution < -0.4 is 0 Å². The highest BCUT2D eigenvalue weighted by Gasteiger charge is 2.71. The maximum absolute atomic E-state index is 12.4. The Morgan fingerprint density at radius 1 is 0.800 bits per heavy atom. The molecule has 0 aromatic rings. The van der Waals surface area contributed by atoms with Crippen molar-refractivity contribution in [2.24, 2.45) is 34.5 Å². The van der Waals surface area contributed by atoms with Crippen LogP contribution in [0.3, 0.4) is 0 Å². The molecular weight excluding hydrogens is 248 g/mol. The molecule has 2 nitrogen and oxygen atoms in total. The third-order valence-electron chi connectivity index (χ3n) is 6.57. The first kappa shape index (κ1) is 11.0. The lowest BCUT2D eigenvalue weighted by molar-refractivity contribution is -0.156. The quantitative estimate of drug-likeness (QED) is 0.630. The molecule has 2 heteroatoms. The summed E-state index contributed by atoms with van der Waals surface area (Å²) in [5.74, 6) is 0.486. The van der Waals surface area contributed by atoms with Gasteiger partial charge >= 0.3 is 0 Å². The van der Waals surface area contributed by atoms with Gasteiger partial charge in [0.2, 0.25) is 0 Å². The molecule has 6 aliphatic carbocycles. The van der Waals surface area contributed by atoms with Crippen LogP contribution in [0, 0.1) is 34.5 Å². The fraction of sp³-hybridized carbons (Fsp3) is 0.444. The fourth-order valence-electron chi connectivity index (χ4n) is 5.70. The average Bonchev–Trinajstić information content (AvgIpc) is 2.45. The highest BCUT2D eigenvalue weighted by Crippen LogP contribution is 2.74. The summed E-state index contributed by atoms with van der Waals surface area (Å²) in [5.41, 5.74) is 0.201. The van der Waals surface area contributed by atoms with E-state index in [1.165, 1.54) is 12.2 Å². The number of hydrogen-bond acceptors (Lipinski definition) is 2. The van der Waals surface area contributed by atoms with Crippen molar-refractivity contribution < 1.29 is 9.59 Å². The summed E-state index contributed by atoms with van der Waals surface area (Å²) in [6, 6.07) is 0. The topological polar surface area (TPSA) is 34.1 Å². The summed E-state index contributed by atoms with van der Waals surface area (Å²) in [6.45, 7) is 0. The van der Waals surface area contributed by atoms with Crippen LogP contribution in [0.4, 0.5) is 0 Å². The first-order valence-electron chi connectivity index (χ1n) is 7.49. The number of allylic oxidation sites excluding steroid dienone is 8. The van der Waals surface area contributed by atoms with Crippen LogP contribution in [0.5, 0.6) is 0 Å². The van der Waals surface area contributed by atoms with Gasteiger partial charge in [-0.25, -0.2) is 0 Å². The van der Waals surface area contributed by atoms with E-state index in [-0.39, 0.29) is 46.1 Å². The van der Waals surface area contributed by atoms with Crippen LogP contribution in [0.15, 0.2) is 48.6 Å². The Labute approximate surface area is 117 Å². The standard InChI is InChI=1S/C18H16O2/c19-13-5-6-14(20)16-12-4-3-11(15(13)16)17-7-1-2-8-18(12,17)10-9-17/h1-6,9-12,15-16H,7-8H2/t11-,12-,15+,16+,17+,18+/m1/s1. The van der Waals surface area contributed by atoms with Gasteiger partial charge in [0.1, 0.15) is 0 Å². The van der Waals surface area contributed by atoms with Gasteiger partial charge in [-0.3, -0.25) is 9.59 Å². The third-order valence-corrected chi connectivity index (χ3v) is 6.57. The molecule has 100 valence electrons. The van der Waals surface area contributed by atoms with Crippen molar-refractivity contribution in [1.29, 1.82) is 0 Å². The zero-order valence-electron chi connectivity index (χ0n) is 11.2. The lowest BCUT2D eigenvalue weighted by Gasteiger charge is -2.70. The van der Waals surface area contributed by atoms with E-state index in [1.807, 2.05) is 0 Å². The molecule has 0 radical (unpaired) electrons. The molecule has 0 amide bonds. The molecule has 1 fully saturated rings. The van der Waals surface area contributed by atoms with Crippen LogP contribution in [-0.2, 0) is 9.59 Å². The average molecular weight is 264 g/mol. The van der Waals surface area contributed by atoms with Gasteiger partial charge in [0.15, 0.2) is 11.6 Å². The summed E-state index contributed by atoms with van der Waals surface area (Å²) in [5, 5.41) is 0. The zero-order chi connectivity index (χ0) is 13.5. The SMILES string of the molecule is O=C1C=CC(=O)[C@H]2[C@H]1[C@H]1C=C[C@H]2[C@]23C=C[C@@]12CC=CC3. The van der Waals surface area contributed by atoms with Gasteiger partial charge in [0.25, 0.3) is 0 Å². The van der Waals surface area contributed by atoms with Gasteiger partial charge in [-0.2, -0.15) is 0 Å². The maximum Gasteiger partial charge on any atom is 0.160 e. The molecule has 0 unspecified atom stereocenters. The lowest BCUT2D eigenvalue weighted by Crippen LogP contribution is -2.67. The number of ketones is 2. The van der Waals surface area contributed by atoms with E-state index < -0.39 is 0 Å². The van der Waals surface area contributed by atoms with Crippen LogP contribution >= 0.6 is 0 Å². The van der Waals surface area contributed by atoms with E-state index in [0.29, 0.717) is 0 Å². The summed E-state index contributed by atoms with van der Waals surface area (Å²) >= 11 is 0. The van der Waals surface area contributed by atoms with E-state index in [1.54, 1.807) is 0 Å². The first-order chi connectivity index (χ1) is 9.70. The molecule has 0 N–H and O–H groups in total. The van der Waals surface area contributed by atoms with Crippen molar-refractivity contribution in [3.8, 4) is 0 Å². The van der Waals surface area contributed by atoms with Crippen molar-refractivity contribution in [3.05, 3.63) is 48.6 Å². The predicted octanol–water partition coefficient (Wildman–Crippen LogP) is 2.64. The van der Waals surface area contributed by atoms with Gasteiger partial charge < -0.3 is 0 Å². The minimum absolute atomic E-state index is 0.101. The summed E-state index contributed by atoms with van der Waals surface area (Å²) < 4.78 is 0. The largest absolute Gasteiger partial charge is 0.294 e. The van der Waals surface area contributed by atoms with Gasteiger partial charge in [-0.15, -0.1) is 0 Å². The second kappa shape index (κ2) is 3.13. The Hall–Kier alpha value is -1.70. The second-order valence-electron chi connectivity index (χ2n) is 6.92. The Morgan fingerprint density at radius 3 is 1.65 bits per heavy atom. The van der Waals surface area contributed by atoms with E-state index in [2.05, 4.69) is 36.5 Å². The Bertz CT molecular complexity index is 611. The van der Waals surface area contributed by atoms with Crippen molar-refractivity contribution in [2.45, 2.75) is 12.8 Å². The molecule has 0 aromatic carbocycles. The van der Waals surface area contributed by atoms with Gasteiger partial charge in [0.05, 0.1) is 0 Å². The minimum atomic E-state index is -0.118. The fourth-order valence-corrected chi connectivity index (χ4v) is 5.70. The van der Waals surface area contributed by atoms with Gasteiger partial charge in [-0.1, -0.05) is 36.5 Å². The van der Waals surface area contributed by atoms with E-state index in [0.717, 1.165) is 12.8 Å². The summed E-state index contributed by atoms with van der Waals surface area (Å²) in [6.07, 6.45) is 18.7. The van der Waals surface area contributed by atoms with Crippen molar-refractivity contribution in [1.82, 2.24) is 0 Å². The Kier molecular flexibility index (Phi) is 1.73. The van der Waals surface area contributed by atoms with E-state index >= 15 is 0 Å². The molecule has 0 spiro atoms. The molecule has 6 aliphatic rings. The zero-order valence-corrected chi connectivity index (χ0v) is 11.2. The highest BCUT2D eigenvalue weighted by molar-refractivity contribution is 6.08. The first-order valence-corrected chi connectivity index (χ1v) is 7.49. The van der Waals surface area contributed by atoms with Crippen molar-refractivity contribution in [3.63, 3.8) is 0 Å². The van der Waals surface area contributed by atoms with Crippen molar-refractivity contribution >= 4 is 11.6 Å². The molecule has 2 bridgehead atoms. The normalized spacial score (nSPS) is 53.4. The maximum atomic E-state index is 12.4. The predicted molar refractivity (Wildman–Crippen MR) is 74.6 cm³/mol. The highest BCUT2D eigenvalue weighted by atomic mass is 16.1. The lowest BCUT2D eigenvalue weighted by atomic mass is 9.32. The minimum Gasteiger partial charge on any atom is -0.294 e. The number of rotatable bonds is 0. The Balaban J connectivity index is 1.76. The van der Waals surface area contributed by atoms with Gasteiger partial charge in [-0.05, 0) is 36.8 Å². The van der Waals surface area contributed by atoms with E-state index in [9.17, 15) is 9.59 Å². The smallest absolute Gasteiger partial charge is 0.160 e. The van der Waals surface area contributed by atoms with Crippen LogP contribution in [-0.4, -0.2) is 11.6 Å². The number of hydrogen-bond donors (Lipinski definition) is 0. The monoisotopic (exact) mass is 264 g/mol. The number of carbonyl (C=O) groups excluding carboxylic acids is 2. The second-order valence-corrected chi connectivity index (χ2v) is 6.92. The molecule has 20 heavy (non-hydrogen) atoms. The van der Waals surface area contributed by atoms with Gasteiger partial charge in [0, 0.05) is 22.7 Å². The Morgan fingerprint density at radius 2 is 1.25 bits per heavy atom. The third kappa shape index (κ3) is 0.895. The summed E-state index contributed by atoms with van der Waals surface area (Å²) in [4.78, 5) is 24.8. The molecular formula is C18H16O2. The molecule has 0 aromatic heterocycles. The molecule has 0 aliphatic heterocycles. The van der Waals surface area contributed by atoms with Crippen LogP contribution in [0.25, 0.3) is 0 Å². The van der Waals surface area contributed by atoms with Crippen LogP contribution in [0.1, 0.15) is 12.8 Å². The number of carbonyl (C=O) groups is 2. The molecule has 0 heterocycles. The molecule has 0 saturated heterocycles.